The number of hydrogen-bond donors (Lipinski definition) is 1. The summed E-state index contributed by atoms with van der Waals surface area (Å²) in [6, 6.07) is 3.77. The van der Waals surface area contributed by atoms with Gasteiger partial charge >= 0.3 is 0 Å². The summed E-state index contributed by atoms with van der Waals surface area (Å²) in [6.07, 6.45) is 9.62. The Morgan fingerprint density at radius 2 is 2.26 bits per heavy atom. The minimum Gasteiger partial charge on any atom is -0.337 e. The van der Waals surface area contributed by atoms with Gasteiger partial charge in [-0.2, -0.15) is 0 Å². The van der Waals surface area contributed by atoms with Crippen molar-refractivity contribution in [3.8, 4) is 0 Å². The highest BCUT2D eigenvalue weighted by Crippen LogP contribution is 2.09. The summed E-state index contributed by atoms with van der Waals surface area (Å²) in [5.74, 6) is 0.166. The van der Waals surface area contributed by atoms with E-state index in [1.807, 2.05) is 29.2 Å². The maximum atomic E-state index is 12.5. The Hall–Kier alpha value is -1.68. The van der Waals surface area contributed by atoms with Crippen LogP contribution in [0.2, 0.25) is 0 Å². The quantitative estimate of drug-likeness (QED) is 0.791. The van der Waals surface area contributed by atoms with E-state index < -0.39 is 0 Å². The van der Waals surface area contributed by atoms with E-state index in [9.17, 15) is 4.79 Å². The molecule has 2 rings (SSSR count). The molecule has 0 bridgehead atoms. The maximum absolute atomic E-state index is 12.5. The molecule has 1 unspecified atom stereocenters. The zero-order valence-electron chi connectivity index (χ0n) is 11.4. The van der Waals surface area contributed by atoms with Crippen molar-refractivity contribution in [3.05, 3.63) is 42.2 Å². The molecular weight excluding hydrogens is 238 g/mol. The Bertz CT molecular complexity index is 430. The van der Waals surface area contributed by atoms with E-state index in [-0.39, 0.29) is 11.9 Å². The van der Waals surface area contributed by atoms with E-state index in [0.717, 1.165) is 31.5 Å². The minimum atomic E-state index is -0.154. The Kier molecular flexibility index (Phi) is 5.10. The Balaban J connectivity index is 2.02. The number of nitrogens with zero attached hydrogens (tertiary/aromatic N) is 2. The summed E-state index contributed by atoms with van der Waals surface area (Å²) in [7, 11) is 0. The number of unbranched alkanes of at least 4 members (excludes halogenated alkanes) is 1. The summed E-state index contributed by atoms with van der Waals surface area (Å²) in [5.41, 5.74) is 1.13. The second-order valence-electron chi connectivity index (χ2n) is 4.78. The molecule has 1 aromatic rings. The van der Waals surface area contributed by atoms with E-state index in [4.69, 9.17) is 0 Å². The Morgan fingerprint density at radius 1 is 1.47 bits per heavy atom. The molecule has 4 nitrogen and oxygen atoms in total. The molecule has 1 N–H and O–H groups in total. The van der Waals surface area contributed by atoms with Gasteiger partial charge in [0.15, 0.2) is 0 Å². The van der Waals surface area contributed by atoms with Gasteiger partial charge in [0.25, 0.3) is 0 Å². The lowest BCUT2D eigenvalue weighted by Gasteiger charge is -2.25. The molecule has 102 valence electrons. The van der Waals surface area contributed by atoms with Crippen LogP contribution in [-0.2, 0) is 11.3 Å². The molecule has 0 saturated carbocycles. The minimum absolute atomic E-state index is 0.154. The predicted molar refractivity (Wildman–Crippen MR) is 75.5 cm³/mol. The Morgan fingerprint density at radius 3 is 2.89 bits per heavy atom. The van der Waals surface area contributed by atoms with E-state index in [2.05, 4.69) is 17.2 Å². The van der Waals surface area contributed by atoms with Crippen molar-refractivity contribution in [2.45, 2.75) is 32.4 Å². The van der Waals surface area contributed by atoms with Crippen LogP contribution in [0.15, 0.2) is 36.7 Å². The molecule has 0 radical (unpaired) electrons. The SMILES string of the molecule is CCCCN(Cc1ccncc1)C(=O)C1C=CCN1. The van der Waals surface area contributed by atoms with Crippen LogP contribution in [0.1, 0.15) is 25.3 Å². The molecule has 0 spiro atoms. The summed E-state index contributed by atoms with van der Waals surface area (Å²) in [4.78, 5) is 18.4. The fraction of sp³-hybridized carbons (Fsp3) is 0.467. The molecule has 1 aliphatic rings. The van der Waals surface area contributed by atoms with Crippen LogP contribution in [0.4, 0.5) is 0 Å². The first-order chi connectivity index (χ1) is 9.31. The zero-order chi connectivity index (χ0) is 13.5. The molecule has 1 atom stereocenters. The van der Waals surface area contributed by atoms with Gasteiger partial charge in [-0.05, 0) is 24.1 Å². The fourth-order valence-electron chi connectivity index (χ4n) is 2.16. The number of nitrogens with one attached hydrogen (secondary N) is 1. The van der Waals surface area contributed by atoms with Crippen molar-refractivity contribution < 1.29 is 4.79 Å². The van der Waals surface area contributed by atoms with Crippen LogP contribution in [0.3, 0.4) is 0 Å². The van der Waals surface area contributed by atoms with Gasteiger partial charge < -0.3 is 4.90 Å². The molecule has 0 aliphatic carbocycles. The van der Waals surface area contributed by atoms with Crippen LogP contribution >= 0.6 is 0 Å². The number of amides is 1. The Labute approximate surface area is 114 Å². The molecule has 1 aromatic heterocycles. The lowest BCUT2D eigenvalue weighted by Crippen LogP contribution is -2.43. The first-order valence-electron chi connectivity index (χ1n) is 6.89. The van der Waals surface area contributed by atoms with Crippen LogP contribution < -0.4 is 5.32 Å². The maximum Gasteiger partial charge on any atom is 0.243 e. The lowest BCUT2D eigenvalue weighted by molar-refractivity contribution is -0.132. The van der Waals surface area contributed by atoms with Crippen molar-refractivity contribution in [1.82, 2.24) is 15.2 Å². The third-order valence-electron chi connectivity index (χ3n) is 3.27. The highest BCUT2D eigenvalue weighted by Gasteiger charge is 2.23. The van der Waals surface area contributed by atoms with Gasteiger partial charge in [0, 0.05) is 32.0 Å². The summed E-state index contributed by atoms with van der Waals surface area (Å²) < 4.78 is 0. The first kappa shape index (κ1) is 13.7. The highest BCUT2D eigenvalue weighted by atomic mass is 16.2. The standard InChI is InChI=1S/C15H21N3O/c1-2-3-11-18(12-13-6-9-16-10-7-13)15(19)14-5-4-8-17-14/h4-7,9-10,14,17H,2-3,8,11-12H2,1H3. The van der Waals surface area contributed by atoms with Crippen LogP contribution in [-0.4, -0.2) is 34.9 Å². The summed E-state index contributed by atoms with van der Waals surface area (Å²) >= 11 is 0. The zero-order valence-corrected chi connectivity index (χ0v) is 11.4. The molecule has 0 fully saturated rings. The highest BCUT2D eigenvalue weighted by molar-refractivity contribution is 5.84. The number of hydrogen-bond acceptors (Lipinski definition) is 3. The van der Waals surface area contributed by atoms with Gasteiger partial charge in [-0.25, -0.2) is 0 Å². The summed E-state index contributed by atoms with van der Waals surface area (Å²) in [5, 5.41) is 3.18. The second kappa shape index (κ2) is 7.04. The van der Waals surface area contributed by atoms with E-state index in [0.29, 0.717) is 6.54 Å². The van der Waals surface area contributed by atoms with Crippen molar-refractivity contribution in [2.24, 2.45) is 0 Å². The molecule has 0 saturated heterocycles. The average molecular weight is 259 g/mol. The number of aromatic nitrogens is 1. The second-order valence-corrected chi connectivity index (χ2v) is 4.78. The number of rotatable bonds is 6. The number of pyridine rings is 1. The van der Waals surface area contributed by atoms with E-state index in [1.165, 1.54) is 0 Å². The third kappa shape index (κ3) is 3.89. The predicted octanol–water partition coefficient (Wildman–Crippen LogP) is 1.74. The number of carbonyl (C=O) groups is 1. The van der Waals surface area contributed by atoms with Gasteiger partial charge in [0.1, 0.15) is 6.04 Å². The van der Waals surface area contributed by atoms with Crippen LogP contribution in [0, 0.1) is 0 Å². The van der Waals surface area contributed by atoms with Gasteiger partial charge in [-0.3, -0.25) is 15.1 Å². The number of carbonyl (C=O) groups excluding carboxylic acids is 1. The monoisotopic (exact) mass is 259 g/mol. The normalized spacial score (nSPS) is 17.6. The van der Waals surface area contributed by atoms with Gasteiger partial charge in [0.05, 0.1) is 0 Å². The fourth-order valence-corrected chi connectivity index (χ4v) is 2.16. The van der Waals surface area contributed by atoms with Gasteiger partial charge in [-0.1, -0.05) is 25.5 Å². The molecular formula is C15H21N3O. The molecule has 0 aromatic carbocycles. The van der Waals surface area contributed by atoms with Crippen molar-refractivity contribution in [3.63, 3.8) is 0 Å². The van der Waals surface area contributed by atoms with Gasteiger partial charge in [-0.15, -0.1) is 0 Å². The topological polar surface area (TPSA) is 45.2 Å². The largest absolute Gasteiger partial charge is 0.337 e. The van der Waals surface area contributed by atoms with Gasteiger partial charge in [0.2, 0.25) is 5.91 Å². The molecule has 19 heavy (non-hydrogen) atoms. The van der Waals surface area contributed by atoms with Crippen molar-refractivity contribution in [1.29, 1.82) is 0 Å². The molecule has 4 heteroatoms. The smallest absolute Gasteiger partial charge is 0.243 e. The average Bonchev–Trinajstić information content (AvgIpc) is 2.98. The van der Waals surface area contributed by atoms with Crippen LogP contribution in [0.25, 0.3) is 0 Å². The van der Waals surface area contributed by atoms with E-state index >= 15 is 0 Å². The lowest BCUT2D eigenvalue weighted by atomic mass is 10.2. The summed E-state index contributed by atoms with van der Waals surface area (Å²) in [6.45, 7) is 4.40. The molecule has 1 amide bonds. The van der Waals surface area contributed by atoms with Crippen molar-refractivity contribution >= 4 is 5.91 Å². The third-order valence-corrected chi connectivity index (χ3v) is 3.27. The van der Waals surface area contributed by atoms with Crippen LogP contribution in [0.5, 0.6) is 0 Å². The van der Waals surface area contributed by atoms with E-state index in [1.54, 1.807) is 12.4 Å². The molecule has 2 heterocycles. The molecule has 1 aliphatic heterocycles. The first-order valence-corrected chi connectivity index (χ1v) is 6.89. The van der Waals surface area contributed by atoms with Crippen molar-refractivity contribution in [2.75, 3.05) is 13.1 Å².